The highest BCUT2D eigenvalue weighted by Crippen LogP contribution is 2.26. The van der Waals surface area contributed by atoms with Crippen LogP contribution in [0.1, 0.15) is 60.8 Å². The van der Waals surface area contributed by atoms with Crippen molar-refractivity contribution in [2.75, 3.05) is 0 Å². The molecule has 0 spiro atoms. The minimum atomic E-state index is -0.541. The Labute approximate surface area is 180 Å². The molecule has 0 N–H and O–H groups in total. The van der Waals surface area contributed by atoms with E-state index in [0.717, 1.165) is 18.4 Å². The predicted molar refractivity (Wildman–Crippen MR) is 114 cm³/mol. The summed E-state index contributed by atoms with van der Waals surface area (Å²) in [6.45, 7) is 5.16. The third-order valence-electron chi connectivity index (χ3n) is 4.77. The Morgan fingerprint density at radius 1 is 1.16 bits per heavy atom. The van der Waals surface area contributed by atoms with E-state index in [4.69, 9.17) is 9.47 Å². The topological polar surface area (TPSA) is 70.4 Å². The van der Waals surface area contributed by atoms with Gasteiger partial charge in [-0.25, -0.2) is 13.9 Å². The average molecular weight is 424 g/mol. The van der Waals surface area contributed by atoms with E-state index in [1.54, 1.807) is 43.5 Å². The molecule has 162 valence electrons. The number of aryl methyl sites for hydroxylation is 1. The number of carbonyl (C=O) groups excluding carboxylic acids is 2. The van der Waals surface area contributed by atoms with Crippen molar-refractivity contribution in [2.45, 2.75) is 46.1 Å². The number of rotatable bonds is 8. The summed E-state index contributed by atoms with van der Waals surface area (Å²) in [5.41, 5.74) is 2.26. The second kappa shape index (κ2) is 10.0. The van der Waals surface area contributed by atoms with Crippen LogP contribution in [0.4, 0.5) is 4.39 Å². The molecule has 6 nitrogen and oxygen atoms in total. The molecule has 0 amide bonds. The molecule has 2 aromatic carbocycles. The zero-order valence-electron chi connectivity index (χ0n) is 17.8. The SMILES string of the molecule is CCCC[C@H](OC(C)=O)c1cccc(C(=O)Oc2cn(-c3ccc(F)cc3)nc2C)c1. The van der Waals surface area contributed by atoms with Gasteiger partial charge in [0.05, 0.1) is 17.4 Å². The minimum Gasteiger partial charge on any atom is -0.458 e. The zero-order valence-corrected chi connectivity index (χ0v) is 17.8. The van der Waals surface area contributed by atoms with E-state index >= 15 is 0 Å². The Hall–Kier alpha value is -3.48. The molecule has 1 atom stereocenters. The minimum absolute atomic E-state index is 0.308. The lowest BCUT2D eigenvalue weighted by Crippen LogP contribution is -2.12. The summed E-state index contributed by atoms with van der Waals surface area (Å²) in [6.07, 6.45) is 3.71. The number of ether oxygens (including phenoxy) is 2. The average Bonchev–Trinajstić information content (AvgIpc) is 3.11. The number of hydrogen-bond donors (Lipinski definition) is 0. The van der Waals surface area contributed by atoms with Gasteiger partial charge in [-0.2, -0.15) is 5.10 Å². The first-order chi connectivity index (χ1) is 14.9. The normalized spacial score (nSPS) is 11.7. The Kier molecular flexibility index (Phi) is 7.18. The van der Waals surface area contributed by atoms with Gasteiger partial charge in [0, 0.05) is 6.92 Å². The molecular formula is C24H25FN2O4. The van der Waals surface area contributed by atoms with E-state index in [9.17, 15) is 14.0 Å². The monoisotopic (exact) mass is 424 g/mol. The molecule has 1 heterocycles. The third-order valence-corrected chi connectivity index (χ3v) is 4.77. The first-order valence-corrected chi connectivity index (χ1v) is 10.2. The lowest BCUT2D eigenvalue weighted by Gasteiger charge is -2.17. The van der Waals surface area contributed by atoms with Crippen molar-refractivity contribution in [1.29, 1.82) is 0 Å². The van der Waals surface area contributed by atoms with Gasteiger partial charge in [-0.1, -0.05) is 25.5 Å². The number of carbonyl (C=O) groups is 2. The Balaban J connectivity index is 1.78. The number of hydrogen-bond acceptors (Lipinski definition) is 5. The number of esters is 2. The van der Waals surface area contributed by atoms with Gasteiger partial charge in [0.15, 0.2) is 5.75 Å². The Morgan fingerprint density at radius 2 is 1.90 bits per heavy atom. The molecule has 0 bridgehead atoms. The van der Waals surface area contributed by atoms with Crippen LogP contribution in [0.5, 0.6) is 5.75 Å². The van der Waals surface area contributed by atoms with Crippen LogP contribution in [0.3, 0.4) is 0 Å². The molecule has 7 heteroatoms. The summed E-state index contributed by atoms with van der Waals surface area (Å²) in [5.74, 6) is -0.939. The quantitative estimate of drug-likeness (QED) is 0.457. The van der Waals surface area contributed by atoms with Crippen molar-refractivity contribution in [2.24, 2.45) is 0 Å². The van der Waals surface area contributed by atoms with Crippen LogP contribution in [0.15, 0.2) is 54.7 Å². The standard InChI is InChI=1S/C24H25FN2O4/c1-4-5-9-22(30-17(3)28)18-7-6-8-19(14-18)24(29)31-23-15-27(26-16(23)2)21-12-10-20(25)11-13-21/h6-8,10-15,22H,4-5,9H2,1-3H3/t22-/m0/s1. The van der Waals surface area contributed by atoms with Crippen molar-refractivity contribution in [3.8, 4) is 11.4 Å². The molecular weight excluding hydrogens is 399 g/mol. The van der Waals surface area contributed by atoms with Gasteiger partial charge in [-0.15, -0.1) is 0 Å². The highest BCUT2D eigenvalue weighted by molar-refractivity contribution is 5.91. The molecule has 0 aliphatic carbocycles. The fourth-order valence-electron chi connectivity index (χ4n) is 3.18. The maximum atomic E-state index is 13.1. The molecule has 0 fully saturated rings. The molecule has 0 saturated carbocycles. The lowest BCUT2D eigenvalue weighted by atomic mass is 10.0. The van der Waals surface area contributed by atoms with E-state index < -0.39 is 12.1 Å². The zero-order chi connectivity index (χ0) is 22.4. The Bertz CT molecular complexity index is 1060. The van der Waals surface area contributed by atoms with Crippen molar-refractivity contribution in [3.05, 3.63) is 77.4 Å². The first-order valence-electron chi connectivity index (χ1n) is 10.2. The molecule has 0 aliphatic heterocycles. The predicted octanol–water partition coefficient (Wildman–Crippen LogP) is 5.33. The molecule has 0 saturated heterocycles. The number of benzene rings is 2. The largest absolute Gasteiger partial charge is 0.458 e. The van der Waals surface area contributed by atoms with Crippen LogP contribution >= 0.6 is 0 Å². The lowest BCUT2D eigenvalue weighted by molar-refractivity contribution is -0.147. The maximum absolute atomic E-state index is 13.1. The molecule has 31 heavy (non-hydrogen) atoms. The van der Waals surface area contributed by atoms with E-state index in [-0.39, 0.29) is 11.8 Å². The molecule has 0 aliphatic rings. The van der Waals surface area contributed by atoms with Crippen LogP contribution in [0.25, 0.3) is 5.69 Å². The van der Waals surface area contributed by atoms with Crippen LogP contribution in [-0.4, -0.2) is 21.7 Å². The fourth-order valence-corrected chi connectivity index (χ4v) is 3.18. The van der Waals surface area contributed by atoms with Crippen molar-refractivity contribution < 1.29 is 23.5 Å². The van der Waals surface area contributed by atoms with Crippen LogP contribution in [0.2, 0.25) is 0 Å². The van der Waals surface area contributed by atoms with Gasteiger partial charge in [-0.05, 0) is 61.7 Å². The van der Waals surface area contributed by atoms with Gasteiger partial charge in [0.25, 0.3) is 0 Å². The third kappa shape index (κ3) is 5.78. The molecule has 0 radical (unpaired) electrons. The molecule has 3 rings (SSSR count). The van der Waals surface area contributed by atoms with E-state index in [1.807, 2.05) is 6.07 Å². The number of aromatic nitrogens is 2. The first kappa shape index (κ1) is 22.2. The summed E-state index contributed by atoms with van der Waals surface area (Å²) in [7, 11) is 0. The molecule has 0 unspecified atom stereocenters. The second-order valence-electron chi connectivity index (χ2n) is 7.26. The summed E-state index contributed by atoms with van der Waals surface area (Å²) in [6, 6.07) is 12.7. The van der Waals surface area contributed by atoms with Crippen LogP contribution < -0.4 is 4.74 Å². The summed E-state index contributed by atoms with van der Waals surface area (Å²) in [5, 5.41) is 4.33. The van der Waals surface area contributed by atoms with Gasteiger partial charge in [0.2, 0.25) is 0 Å². The van der Waals surface area contributed by atoms with Crippen molar-refractivity contribution >= 4 is 11.9 Å². The molecule has 1 aromatic heterocycles. The van der Waals surface area contributed by atoms with Crippen molar-refractivity contribution in [3.63, 3.8) is 0 Å². The van der Waals surface area contributed by atoms with Crippen molar-refractivity contribution in [1.82, 2.24) is 9.78 Å². The smallest absolute Gasteiger partial charge is 0.343 e. The van der Waals surface area contributed by atoms with E-state index in [2.05, 4.69) is 12.0 Å². The van der Waals surface area contributed by atoms with Crippen LogP contribution in [-0.2, 0) is 9.53 Å². The van der Waals surface area contributed by atoms with Gasteiger partial charge in [0.1, 0.15) is 17.6 Å². The van der Waals surface area contributed by atoms with Gasteiger partial charge >= 0.3 is 11.9 Å². The van der Waals surface area contributed by atoms with Gasteiger partial charge < -0.3 is 9.47 Å². The Morgan fingerprint density at radius 3 is 2.58 bits per heavy atom. The number of halogens is 1. The van der Waals surface area contributed by atoms with E-state index in [1.165, 1.54) is 23.7 Å². The highest BCUT2D eigenvalue weighted by atomic mass is 19.1. The second-order valence-corrected chi connectivity index (χ2v) is 7.26. The maximum Gasteiger partial charge on any atom is 0.343 e. The summed E-state index contributed by atoms with van der Waals surface area (Å²) >= 11 is 0. The van der Waals surface area contributed by atoms with Crippen LogP contribution in [0, 0.1) is 12.7 Å². The highest BCUT2D eigenvalue weighted by Gasteiger charge is 2.18. The molecule has 3 aromatic rings. The number of nitrogens with zero attached hydrogens (tertiary/aromatic N) is 2. The van der Waals surface area contributed by atoms with E-state index in [0.29, 0.717) is 29.1 Å². The summed E-state index contributed by atoms with van der Waals surface area (Å²) < 4.78 is 25.7. The van der Waals surface area contributed by atoms with Gasteiger partial charge in [-0.3, -0.25) is 4.79 Å². The number of unbranched alkanes of at least 4 members (excludes halogenated alkanes) is 1. The fraction of sp³-hybridized carbons (Fsp3) is 0.292. The summed E-state index contributed by atoms with van der Waals surface area (Å²) in [4.78, 5) is 24.2.